The van der Waals surface area contributed by atoms with Crippen molar-refractivity contribution < 1.29 is 18.0 Å². The maximum atomic E-state index is 14.1. The quantitative estimate of drug-likeness (QED) is 0.272. The molecule has 1 N–H and O–H groups in total. The summed E-state index contributed by atoms with van der Waals surface area (Å²) < 4.78 is 28.9. The molecule has 0 aliphatic carbocycles. The third kappa shape index (κ3) is 7.77. The normalized spacial score (nSPS) is 12.2. The van der Waals surface area contributed by atoms with Gasteiger partial charge in [-0.05, 0) is 60.7 Å². The molecule has 214 valence electrons. The minimum absolute atomic E-state index is 0.0380. The summed E-state index contributed by atoms with van der Waals surface area (Å²) >= 11 is 12.3. The lowest BCUT2D eigenvalue weighted by Crippen LogP contribution is -2.52. The minimum Gasteiger partial charge on any atom is -0.354 e. The van der Waals surface area contributed by atoms with E-state index in [2.05, 4.69) is 5.32 Å². The van der Waals surface area contributed by atoms with Crippen LogP contribution in [-0.4, -0.2) is 44.3 Å². The van der Waals surface area contributed by atoms with Gasteiger partial charge in [-0.25, -0.2) is 8.42 Å². The number of hydrogen-bond donors (Lipinski definition) is 1. The molecule has 0 heterocycles. The molecule has 1 atom stereocenters. The Balaban J connectivity index is 2.06. The van der Waals surface area contributed by atoms with E-state index in [1.807, 2.05) is 20.8 Å². The van der Waals surface area contributed by atoms with Crippen molar-refractivity contribution in [1.29, 1.82) is 0 Å². The van der Waals surface area contributed by atoms with Gasteiger partial charge in [0, 0.05) is 13.1 Å². The maximum absolute atomic E-state index is 14.1. The third-order valence-electron chi connectivity index (χ3n) is 6.40. The average molecular weight is 605 g/mol. The molecular formula is C30H35Cl2N3O4S. The van der Waals surface area contributed by atoms with Crippen molar-refractivity contribution in [1.82, 2.24) is 10.2 Å². The van der Waals surface area contributed by atoms with Crippen LogP contribution in [0, 0.1) is 12.8 Å². The van der Waals surface area contributed by atoms with Gasteiger partial charge >= 0.3 is 0 Å². The molecule has 0 aliphatic rings. The molecule has 0 fully saturated rings. The Bertz CT molecular complexity index is 1430. The number of aryl methyl sites for hydroxylation is 1. The summed E-state index contributed by atoms with van der Waals surface area (Å²) in [4.78, 5) is 28.9. The molecular weight excluding hydrogens is 569 g/mol. The second kappa shape index (κ2) is 14.0. The van der Waals surface area contributed by atoms with Crippen LogP contribution in [0.25, 0.3) is 0 Å². The summed E-state index contributed by atoms with van der Waals surface area (Å²) in [6.45, 7) is 7.54. The molecule has 0 spiro atoms. The number of halogens is 2. The largest absolute Gasteiger partial charge is 0.354 e. The van der Waals surface area contributed by atoms with E-state index < -0.39 is 28.5 Å². The van der Waals surface area contributed by atoms with E-state index >= 15 is 0 Å². The second-order valence-corrected chi connectivity index (χ2v) is 12.6. The Morgan fingerprint density at radius 1 is 0.925 bits per heavy atom. The summed E-state index contributed by atoms with van der Waals surface area (Å²) in [6.07, 6.45) is 0.326. The Labute approximate surface area is 247 Å². The Morgan fingerprint density at radius 3 is 2.17 bits per heavy atom. The van der Waals surface area contributed by atoms with Gasteiger partial charge in [0.25, 0.3) is 10.0 Å². The molecule has 3 aromatic carbocycles. The number of anilines is 1. The Hall–Kier alpha value is -3.07. The molecule has 2 amide bonds. The first-order chi connectivity index (χ1) is 18.9. The van der Waals surface area contributed by atoms with Gasteiger partial charge in [0.2, 0.25) is 11.8 Å². The van der Waals surface area contributed by atoms with Crippen molar-refractivity contribution in [2.24, 2.45) is 5.92 Å². The molecule has 7 nitrogen and oxygen atoms in total. The molecule has 0 aromatic heterocycles. The van der Waals surface area contributed by atoms with Crippen molar-refractivity contribution in [2.45, 2.75) is 51.6 Å². The van der Waals surface area contributed by atoms with Gasteiger partial charge in [0.15, 0.2) is 0 Å². The highest BCUT2D eigenvalue weighted by molar-refractivity contribution is 7.92. The molecule has 0 radical (unpaired) electrons. The summed E-state index contributed by atoms with van der Waals surface area (Å²) in [7, 11) is -4.12. The number of amides is 2. The first kappa shape index (κ1) is 31.5. The van der Waals surface area contributed by atoms with Crippen molar-refractivity contribution in [3.8, 4) is 0 Å². The van der Waals surface area contributed by atoms with Gasteiger partial charge in [0.05, 0.1) is 20.6 Å². The first-order valence-electron chi connectivity index (χ1n) is 13.1. The second-order valence-electron chi connectivity index (χ2n) is 9.94. The lowest BCUT2D eigenvalue weighted by atomic mass is 10.1. The van der Waals surface area contributed by atoms with Crippen LogP contribution >= 0.6 is 23.2 Å². The van der Waals surface area contributed by atoms with Crippen LogP contribution in [-0.2, 0) is 26.2 Å². The monoisotopic (exact) mass is 603 g/mol. The molecule has 0 unspecified atom stereocenters. The van der Waals surface area contributed by atoms with E-state index in [4.69, 9.17) is 23.2 Å². The zero-order valence-corrected chi connectivity index (χ0v) is 25.4. The minimum atomic E-state index is -4.12. The molecule has 10 heteroatoms. The van der Waals surface area contributed by atoms with Gasteiger partial charge in [-0.2, -0.15) is 0 Å². The standard InChI is InChI=1S/C30H35Cl2N3O4S/c1-5-27(30(37)33-18-21(2)3)34(19-23-15-16-25(31)26(32)17-23)29(36)20-35(28-14-10-9-11-22(28)4)40(38,39)24-12-7-6-8-13-24/h6-17,21,27H,5,18-20H2,1-4H3,(H,33,37)/t27-/m0/s1. The molecule has 0 saturated carbocycles. The van der Waals surface area contributed by atoms with Crippen LogP contribution in [0.5, 0.6) is 0 Å². The number of carbonyl (C=O) groups is 2. The molecule has 0 bridgehead atoms. The highest BCUT2D eigenvalue weighted by Gasteiger charge is 2.34. The highest BCUT2D eigenvalue weighted by atomic mass is 35.5. The van der Waals surface area contributed by atoms with Crippen LogP contribution in [0.3, 0.4) is 0 Å². The van der Waals surface area contributed by atoms with E-state index in [-0.39, 0.29) is 23.3 Å². The van der Waals surface area contributed by atoms with Crippen LogP contribution in [0.1, 0.15) is 38.3 Å². The smallest absolute Gasteiger partial charge is 0.264 e. The lowest BCUT2D eigenvalue weighted by molar-refractivity contribution is -0.140. The van der Waals surface area contributed by atoms with Gasteiger partial charge < -0.3 is 10.2 Å². The fourth-order valence-electron chi connectivity index (χ4n) is 4.25. The Morgan fingerprint density at radius 2 is 1.57 bits per heavy atom. The predicted octanol–water partition coefficient (Wildman–Crippen LogP) is 6.08. The summed E-state index contributed by atoms with van der Waals surface area (Å²) in [5, 5.41) is 3.60. The topological polar surface area (TPSA) is 86.8 Å². The van der Waals surface area contributed by atoms with E-state index in [1.165, 1.54) is 17.0 Å². The maximum Gasteiger partial charge on any atom is 0.264 e. The highest BCUT2D eigenvalue weighted by Crippen LogP contribution is 2.28. The van der Waals surface area contributed by atoms with Gasteiger partial charge in [-0.15, -0.1) is 0 Å². The van der Waals surface area contributed by atoms with Crippen LogP contribution in [0.4, 0.5) is 5.69 Å². The predicted molar refractivity (Wildman–Crippen MR) is 161 cm³/mol. The summed E-state index contributed by atoms with van der Waals surface area (Å²) in [5.74, 6) is -0.619. The van der Waals surface area contributed by atoms with E-state index in [0.717, 1.165) is 4.31 Å². The van der Waals surface area contributed by atoms with Crippen LogP contribution in [0.2, 0.25) is 10.0 Å². The molecule has 3 aromatic rings. The van der Waals surface area contributed by atoms with E-state index in [0.29, 0.717) is 39.8 Å². The van der Waals surface area contributed by atoms with Crippen molar-refractivity contribution in [3.63, 3.8) is 0 Å². The SMILES string of the molecule is CC[C@@H](C(=O)NCC(C)C)N(Cc1ccc(Cl)c(Cl)c1)C(=O)CN(c1ccccc1C)S(=O)(=O)c1ccccc1. The number of para-hydroxylation sites is 1. The zero-order chi connectivity index (χ0) is 29.4. The van der Waals surface area contributed by atoms with Gasteiger partial charge in [-0.1, -0.05) is 86.4 Å². The Kier molecular flexibility index (Phi) is 11.0. The fourth-order valence-corrected chi connectivity index (χ4v) is 6.07. The number of sulfonamides is 1. The number of nitrogens with one attached hydrogen (secondary N) is 1. The van der Waals surface area contributed by atoms with Crippen molar-refractivity contribution in [3.05, 3.63) is 94.0 Å². The molecule has 0 saturated heterocycles. The number of benzene rings is 3. The van der Waals surface area contributed by atoms with Gasteiger partial charge in [-0.3, -0.25) is 13.9 Å². The van der Waals surface area contributed by atoms with Crippen LogP contribution < -0.4 is 9.62 Å². The fraction of sp³-hybridized carbons (Fsp3) is 0.333. The van der Waals surface area contributed by atoms with Crippen LogP contribution in [0.15, 0.2) is 77.7 Å². The number of hydrogen-bond acceptors (Lipinski definition) is 4. The summed E-state index contributed by atoms with van der Waals surface area (Å²) in [5.41, 5.74) is 1.73. The van der Waals surface area contributed by atoms with Crippen molar-refractivity contribution >= 4 is 50.7 Å². The number of carbonyl (C=O) groups excluding carboxylic acids is 2. The number of nitrogens with zero attached hydrogens (tertiary/aromatic N) is 2. The third-order valence-corrected chi connectivity index (χ3v) is 8.91. The first-order valence-corrected chi connectivity index (χ1v) is 15.3. The average Bonchev–Trinajstić information content (AvgIpc) is 2.93. The van der Waals surface area contributed by atoms with E-state index in [9.17, 15) is 18.0 Å². The zero-order valence-electron chi connectivity index (χ0n) is 23.1. The molecule has 40 heavy (non-hydrogen) atoms. The molecule has 0 aliphatic heterocycles. The lowest BCUT2D eigenvalue weighted by Gasteiger charge is -2.33. The van der Waals surface area contributed by atoms with Crippen molar-refractivity contribution in [2.75, 3.05) is 17.4 Å². The van der Waals surface area contributed by atoms with Gasteiger partial charge in [0.1, 0.15) is 12.6 Å². The molecule has 3 rings (SSSR count). The summed E-state index contributed by atoms with van der Waals surface area (Å²) in [6, 6.07) is 19.1. The van der Waals surface area contributed by atoms with E-state index in [1.54, 1.807) is 67.6 Å². The number of rotatable bonds is 12.